The van der Waals surface area contributed by atoms with E-state index >= 15 is 0 Å². The van der Waals surface area contributed by atoms with Gasteiger partial charge in [-0.2, -0.15) is 4.39 Å². The number of benzene rings is 3. The van der Waals surface area contributed by atoms with Crippen LogP contribution in [0.25, 0.3) is 21.9 Å². The lowest BCUT2D eigenvalue weighted by atomic mass is 10.0. The number of para-hydroxylation sites is 1. The number of carbonyl (C=O) groups is 1. The first-order chi connectivity index (χ1) is 13.2. The van der Waals surface area contributed by atoms with E-state index in [-0.39, 0.29) is 12.3 Å². The summed E-state index contributed by atoms with van der Waals surface area (Å²) in [4.78, 5) is 16.4. The quantitative estimate of drug-likeness (QED) is 0.509. The van der Waals surface area contributed by atoms with Crippen molar-refractivity contribution in [2.75, 3.05) is 5.32 Å². The maximum Gasteiger partial charge on any atom is 0.228 e. The number of pyridine rings is 1. The van der Waals surface area contributed by atoms with Crippen LogP contribution in [0.3, 0.4) is 0 Å². The molecule has 3 aromatic carbocycles. The van der Waals surface area contributed by atoms with Gasteiger partial charge in [0, 0.05) is 23.0 Å². The Morgan fingerprint density at radius 3 is 2.48 bits per heavy atom. The Morgan fingerprint density at radius 1 is 0.852 bits per heavy atom. The minimum Gasteiger partial charge on any atom is -0.325 e. The summed E-state index contributed by atoms with van der Waals surface area (Å²) >= 11 is 0. The summed E-state index contributed by atoms with van der Waals surface area (Å²) in [6, 6.07) is 24.4. The van der Waals surface area contributed by atoms with E-state index in [9.17, 15) is 9.18 Å². The van der Waals surface area contributed by atoms with E-state index in [0.29, 0.717) is 16.8 Å². The highest BCUT2D eigenvalue weighted by Crippen LogP contribution is 2.29. The first kappa shape index (κ1) is 16.9. The molecule has 0 bridgehead atoms. The van der Waals surface area contributed by atoms with Gasteiger partial charge in [0.15, 0.2) is 0 Å². The average molecular weight is 356 g/mol. The van der Waals surface area contributed by atoms with Gasteiger partial charge in [-0.3, -0.25) is 4.79 Å². The zero-order valence-corrected chi connectivity index (χ0v) is 14.5. The normalized spacial score (nSPS) is 10.7. The van der Waals surface area contributed by atoms with Gasteiger partial charge in [-0.05, 0) is 34.5 Å². The molecule has 4 aromatic rings. The molecule has 0 aliphatic rings. The number of amides is 1. The molecule has 0 saturated carbocycles. The van der Waals surface area contributed by atoms with Crippen LogP contribution in [-0.2, 0) is 11.2 Å². The highest BCUT2D eigenvalue weighted by molar-refractivity contribution is 5.99. The van der Waals surface area contributed by atoms with Crippen molar-refractivity contribution >= 4 is 22.4 Å². The molecule has 0 fully saturated rings. The third-order valence-electron chi connectivity index (χ3n) is 4.48. The molecule has 0 atom stereocenters. The van der Waals surface area contributed by atoms with Gasteiger partial charge in [0.25, 0.3) is 0 Å². The van der Waals surface area contributed by atoms with Crippen LogP contribution < -0.4 is 5.32 Å². The second kappa shape index (κ2) is 7.38. The standard InChI is InChI=1S/C23H17FN2O/c24-23-20(12-6-14-25-23)19-11-3-4-13-21(19)26-22(27)15-17-9-5-8-16-7-1-2-10-18(16)17/h1-14H,15H2,(H,26,27). The van der Waals surface area contributed by atoms with Crippen molar-refractivity contribution in [3.63, 3.8) is 0 Å². The van der Waals surface area contributed by atoms with Crippen molar-refractivity contribution in [3.05, 3.63) is 96.6 Å². The second-order valence-electron chi connectivity index (χ2n) is 6.25. The van der Waals surface area contributed by atoms with Gasteiger partial charge in [0.1, 0.15) is 0 Å². The van der Waals surface area contributed by atoms with E-state index in [0.717, 1.165) is 16.3 Å². The van der Waals surface area contributed by atoms with Gasteiger partial charge < -0.3 is 5.32 Å². The molecule has 0 aliphatic heterocycles. The molecule has 1 amide bonds. The lowest BCUT2D eigenvalue weighted by Gasteiger charge is -2.12. The van der Waals surface area contributed by atoms with Crippen LogP contribution in [0.5, 0.6) is 0 Å². The minimum atomic E-state index is -0.562. The van der Waals surface area contributed by atoms with Gasteiger partial charge in [-0.1, -0.05) is 60.7 Å². The predicted octanol–water partition coefficient (Wildman–Crippen LogP) is 5.22. The van der Waals surface area contributed by atoms with E-state index in [1.165, 1.54) is 6.20 Å². The van der Waals surface area contributed by atoms with Crippen LogP contribution in [0.15, 0.2) is 85.1 Å². The molecule has 0 unspecified atom stereocenters. The van der Waals surface area contributed by atoms with Crippen LogP contribution in [0.4, 0.5) is 10.1 Å². The Labute approximate surface area is 156 Å². The summed E-state index contributed by atoms with van der Waals surface area (Å²) in [6.45, 7) is 0. The number of nitrogens with zero attached hydrogens (tertiary/aromatic N) is 1. The molecule has 27 heavy (non-hydrogen) atoms. The van der Waals surface area contributed by atoms with Crippen LogP contribution >= 0.6 is 0 Å². The molecule has 0 spiro atoms. The number of aromatic nitrogens is 1. The fourth-order valence-corrected chi connectivity index (χ4v) is 3.23. The largest absolute Gasteiger partial charge is 0.325 e. The van der Waals surface area contributed by atoms with Gasteiger partial charge >= 0.3 is 0 Å². The summed E-state index contributed by atoms with van der Waals surface area (Å²) in [5, 5.41) is 5.07. The van der Waals surface area contributed by atoms with E-state index in [1.807, 2.05) is 54.6 Å². The molecular weight excluding hydrogens is 339 g/mol. The van der Waals surface area contributed by atoms with Crippen molar-refractivity contribution in [1.82, 2.24) is 4.98 Å². The molecule has 0 saturated heterocycles. The lowest BCUT2D eigenvalue weighted by molar-refractivity contribution is -0.115. The Bertz CT molecular complexity index is 1120. The summed E-state index contributed by atoms with van der Waals surface area (Å²) < 4.78 is 14.1. The molecule has 3 nitrogen and oxygen atoms in total. The smallest absolute Gasteiger partial charge is 0.228 e. The molecule has 1 N–H and O–H groups in total. The van der Waals surface area contributed by atoms with Crippen LogP contribution in [0.2, 0.25) is 0 Å². The summed E-state index contributed by atoms with van der Waals surface area (Å²) in [7, 11) is 0. The van der Waals surface area contributed by atoms with Crippen LogP contribution in [0.1, 0.15) is 5.56 Å². The second-order valence-corrected chi connectivity index (χ2v) is 6.25. The van der Waals surface area contributed by atoms with Crippen molar-refractivity contribution in [2.45, 2.75) is 6.42 Å². The highest BCUT2D eigenvalue weighted by Gasteiger charge is 2.13. The van der Waals surface area contributed by atoms with Crippen molar-refractivity contribution in [3.8, 4) is 11.1 Å². The number of nitrogens with one attached hydrogen (secondary N) is 1. The number of rotatable bonds is 4. The van der Waals surface area contributed by atoms with Crippen molar-refractivity contribution < 1.29 is 9.18 Å². The molecule has 4 rings (SSSR count). The van der Waals surface area contributed by atoms with Gasteiger partial charge in [0.05, 0.1) is 6.42 Å². The summed E-state index contributed by atoms with van der Waals surface area (Å²) in [6.07, 6.45) is 1.64. The molecule has 0 aliphatic carbocycles. The highest BCUT2D eigenvalue weighted by atomic mass is 19.1. The lowest BCUT2D eigenvalue weighted by Crippen LogP contribution is -2.15. The minimum absolute atomic E-state index is 0.150. The predicted molar refractivity (Wildman–Crippen MR) is 106 cm³/mol. The van der Waals surface area contributed by atoms with Crippen molar-refractivity contribution in [1.29, 1.82) is 0 Å². The number of fused-ring (bicyclic) bond motifs is 1. The maximum atomic E-state index is 14.1. The zero-order valence-electron chi connectivity index (χ0n) is 14.5. The summed E-state index contributed by atoms with van der Waals surface area (Å²) in [5.41, 5.74) is 2.48. The average Bonchev–Trinajstić information content (AvgIpc) is 2.69. The van der Waals surface area contributed by atoms with Crippen LogP contribution in [-0.4, -0.2) is 10.9 Å². The Morgan fingerprint density at radius 2 is 1.59 bits per heavy atom. The van der Waals surface area contributed by atoms with Gasteiger partial charge in [-0.15, -0.1) is 0 Å². The monoisotopic (exact) mass is 356 g/mol. The molecule has 1 heterocycles. The number of hydrogen-bond acceptors (Lipinski definition) is 2. The van der Waals surface area contributed by atoms with E-state index in [4.69, 9.17) is 0 Å². The number of anilines is 1. The van der Waals surface area contributed by atoms with E-state index in [2.05, 4.69) is 10.3 Å². The number of hydrogen-bond donors (Lipinski definition) is 1. The molecular formula is C23H17FN2O. The maximum absolute atomic E-state index is 14.1. The van der Waals surface area contributed by atoms with Crippen LogP contribution in [0, 0.1) is 5.95 Å². The molecule has 1 aromatic heterocycles. The number of carbonyl (C=O) groups excluding carboxylic acids is 1. The Balaban J connectivity index is 1.62. The van der Waals surface area contributed by atoms with Crippen molar-refractivity contribution in [2.24, 2.45) is 0 Å². The fourth-order valence-electron chi connectivity index (χ4n) is 3.23. The SMILES string of the molecule is O=C(Cc1cccc2ccccc12)Nc1ccccc1-c1cccnc1F. The van der Waals surface area contributed by atoms with Gasteiger partial charge in [-0.25, -0.2) is 4.98 Å². The van der Waals surface area contributed by atoms with E-state index in [1.54, 1.807) is 24.3 Å². The third kappa shape index (κ3) is 3.55. The first-order valence-corrected chi connectivity index (χ1v) is 8.69. The van der Waals surface area contributed by atoms with E-state index < -0.39 is 5.95 Å². The number of halogens is 1. The third-order valence-corrected chi connectivity index (χ3v) is 4.48. The fraction of sp³-hybridized carbons (Fsp3) is 0.0435. The molecule has 132 valence electrons. The topological polar surface area (TPSA) is 42.0 Å². The Kier molecular flexibility index (Phi) is 4.62. The molecule has 0 radical (unpaired) electrons. The summed E-state index contributed by atoms with van der Waals surface area (Å²) in [5.74, 6) is -0.712. The van der Waals surface area contributed by atoms with Gasteiger partial charge in [0.2, 0.25) is 11.9 Å². The zero-order chi connectivity index (χ0) is 18.6. The first-order valence-electron chi connectivity index (χ1n) is 8.69. The molecule has 4 heteroatoms. The Hall–Kier alpha value is -3.53.